The molecule has 0 saturated carbocycles. The molecule has 0 aliphatic carbocycles. The number of fused-ring (bicyclic) bond motifs is 1. The van der Waals surface area contributed by atoms with Gasteiger partial charge >= 0.3 is 0 Å². The molecule has 2 aromatic rings. The molecule has 1 unspecified atom stereocenters. The monoisotopic (exact) mass is 337 g/mol. The van der Waals surface area contributed by atoms with Gasteiger partial charge < -0.3 is 16.0 Å². The molecule has 2 aromatic carbocycles. The van der Waals surface area contributed by atoms with Crippen molar-refractivity contribution in [3.05, 3.63) is 59.7 Å². The maximum Gasteiger partial charge on any atom is 0.232 e. The van der Waals surface area contributed by atoms with Gasteiger partial charge in [0.05, 0.1) is 12.3 Å². The zero-order valence-electron chi connectivity index (χ0n) is 13.8. The molecular weight excluding hydrogens is 318 g/mol. The van der Waals surface area contributed by atoms with Crippen LogP contribution in [0.15, 0.2) is 48.5 Å². The highest BCUT2D eigenvalue weighted by Gasteiger charge is 2.30. The van der Waals surface area contributed by atoms with Crippen molar-refractivity contribution in [2.45, 2.75) is 18.8 Å². The van der Waals surface area contributed by atoms with E-state index < -0.39 is 5.92 Å². The molecule has 6 heteroatoms. The Morgan fingerprint density at radius 3 is 2.56 bits per heavy atom. The first-order valence-electron chi connectivity index (χ1n) is 8.06. The smallest absolute Gasteiger partial charge is 0.232 e. The Labute approximate surface area is 145 Å². The maximum atomic E-state index is 12.6. The lowest BCUT2D eigenvalue weighted by molar-refractivity contribution is -0.123. The number of anilines is 2. The van der Waals surface area contributed by atoms with Crippen LogP contribution >= 0.6 is 0 Å². The van der Waals surface area contributed by atoms with E-state index >= 15 is 0 Å². The van der Waals surface area contributed by atoms with Crippen molar-refractivity contribution in [3.63, 3.8) is 0 Å². The van der Waals surface area contributed by atoms with E-state index in [2.05, 4.69) is 16.0 Å². The van der Waals surface area contributed by atoms with Crippen LogP contribution < -0.4 is 16.0 Å². The quantitative estimate of drug-likeness (QED) is 0.798. The molecule has 1 atom stereocenters. The largest absolute Gasteiger partial charge is 0.359 e. The number of hydrogen-bond acceptors (Lipinski definition) is 3. The number of amides is 3. The Hall–Kier alpha value is -3.15. The van der Waals surface area contributed by atoms with Gasteiger partial charge in [0.25, 0.3) is 0 Å². The normalized spacial score (nSPS) is 15.7. The molecule has 0 spiro atoms. The summed E-state index contributed by atoms with van der Waals surface area (Å²) in [6.45, 7) is 0. The Balaban J connectivity index is 1.72. The average Bonchev–Trinajstić information content (AvgIpc) is 2.62. The molecule has 6 nitrogen and oxygen atoms in total. The molecule has 0 radical (unpaired) electrons. The number of carbonyl (C=O) groups excluding carboxylic acids is 3. The van der Waals surface area contributed by atoms with Crippen LogP contribution in [-0.4, -0.2) is 24.8 Å². The predicted octanol–water partition coefficient (Wildman–Crippen LogP) is 2.04. The third-order valence-corrected chi connectivity index (χ3v) is 4.18. The molecular formula is C19H19N3O3. The second-order valence-electron chi connectivity index (χ2n) is 5.93. The summed E-state index contributed by atoms with van der Waals surface area (Å²) in [7, 11) is 1.59. The Morgan fingerprint density at radius 2 is 1.84 bits per heavy atom. The van der Waals surface area contributed by atoms with E-state index in [0.717, 1.165) is 11.1 Å². The molecule has 1 aliphatic heterocycles. The minimum Gasteiger partial charge on any atom is -0.359 e. The van der Waals surface area contributed by atoms with E-state index in [1.54, 1.807) is 37.4 Å². The summed E-state index contributed by atoms with van der Waals surface area (Å²) in [5, 5.41) is 8.20. The van der Waals surface area contributed by atoms with Gasteiger partial charge in [-0.3, -0.25) is 14.4 Å². The Morgan fingerprint density at radius 1 is 1.12 bits per heavy atom. The van der Waals surface area contributed by atoms with Crippen molar-refractivity contribution < 1.29 is 14.4 Å². The van der Waals surface area contributed by atoms with E-state index in [9.17, 15) is 14.4 Å². The molecule has 25 heavy (non-hydrogen) atoms. The molecule has 128 valence electrons. The van der Waals surface area contributed by atoms with Crippen LogP contribution in [0.4, 0.5) is 11.4 Å². The van der Waals surface area contributed by atoms with E-state index in [4.69, 9.17) is 0 Å². The topological polar surface area (TPSA) is 87.3 Å². The van der Waals surface area contributed by atoms with Crippen LogP contribution in [0.1, 0.15) is 23.5 Å². The molecule has 1 aliphatic rings. The average molecular weight is 337 g/mol. The third kappa shape index (κ3) is 3.85. The van der Waals surface area contributed by atoms with Gasteiger partial charge in [0.1, 0.15) is 0 Å². The van der Waals surface area contributed by atoms with Crippen LogP contribution in [0.3, 0.4) is 0 Å². The minimum absolute atomic E-state index is 0.0680. The number of rotatable bonds is 4. The second kappa shape index (κ2) is 7.17. The fourth-order valence-electron chi connectivity index (χ4n) is 2.85. The molecule has 0 aromatic heterocycles. The van der Waals surface area contributed by atoms with Gasteiger partial charge in [-0.2, -0.15) is 0 Å². The summed E-state index contributed by atoms with van der Waals surface area (Å²) in [6, 6.07) is 14.4. The number of nitrogens with one attached hydrogen (secondary N) is 3. The van der Waals surface area contributed by atoms with Gasteiger partial charge in [-0.05, 0) is 29.3 Å². The zero-order valence-corrected chi connectivity index (χ0v) is 13.8. The second-order valence-corrected chi connectivity index (χ2v) is 5.93. The van der Waals surface area contributed by atoms with Gasteiger partial charge in [0.15, 0.2) is 0 Å². The first-order valence-corrected chi connectivity index (χ1v) is 8.06. The lowest BCUT2D eigenvalue weighted by Crippen LogP contribution is -2.30. The lowest BCUT2D eigenvalue weighted by Gasteiger charge is -2.24. The van der Waals surface area contributed by atoms with Gasteiger partial charge in [0.2, 0.25) is 17.7 Å². The number of likely N-dealkylation sites (N-methyl/N-ethyl adjacent to an activating group) is 1. The van der Waals surface area contributed by atoms with Crippen molar-refractivity contribution in [1.29, 1.82) is 0 Å². The fraction of sp³-hybridized carbons (Fsp3) is 0.211. The van der Waals surface area contributed by atoms with Crippen LogP contribution in [0.2, 0.25) is 0 Å². The van der Waals surface area contributed by atoms with Gasteiger partial charge in [0, 0.05) is 24.8 Å². The summed E-state index contributed by atoms with van der Waals surface area (Å²) >= 11 is 0. The van der Waals surface area contributed by atoms with Crippen LogP contribution in [0.25, 0.3) is 0 Å². The highest BCUT2D eigenvalue weighted by atomic mass is 16.2. The minimum atomic E-state index is -0.518. The number of benzene rings is 2. The molecule has 3 N–H and O–H groups in total. The zero-order chi connectivity index (χ0) is 17.8. The van der Waals surface area contributed by atoms with Crippen LogP contribution in [-0.2, 0) is 20.8 Å². The van der Waals surface area contributed by atoms with Crippen LogP contribution in [0.5, 0.6) is 0 Å². The first-order chi connectivity index (χ1) is 12.1. The Kier molecular flexibility index (Phi) is 4.79. The number of para-hydroxylation sites is 1. The van der Waals surface area contributed by atoms with Crippen molar-refractivity contribution in [2.24, 2.45) is 0 Å². The summed E-state index contributed by atoms with van der Waals surface area (Å²) in [5.74, 6) is -0.974. The summed E-state index contributed by atoms with van der Waals surface area (Å²) in [6.07, 6.45) is 0.415. The molecule has 0 fully saturated rings. The highest BCUT2D eigenvalue weighted by molar-refractivity contribution is 6.05. The highest BCUT2D eigenvalue weighted by Crippen LogP contribution is 2.32. The number of hydrogen-bond donors (Lipinski definition) is 3. The maximum absolute atomic E-state index is 12.6. The first kappa shape index (κ1) is 16.7. The Bertz CT molecular complexity index is 815. The van der Waals surface area contributed by atoms with Gasteiger partial charge in [-0.15, -0.1) is 0 Å². The molecule has 0 saturated heterocycles. The van der Waals surface area contributed by atoms with Crippen LogP contribution in [0, 0.1) is 0 Å². The summed E-state index contributed by atoms with van der Waals surface area (Å²) in [4.78, 5) is 35.8. The van der Waals surface area contributed by atoms with Crippen molar-refractivity contribution in [3.8, 4) is 0 Å². The molecule has 3 rings (SSSR count). The molecule has 0 bridgehead atoms. The number of carbonyl (C=O) groups is 3. The van der Waals surface area contributed by atoms with E-state index in [1.807, 2.05) is 18.2 Å². The van der Waals surface area contributed by atoms with E-state index in [-0.39, 0.29) is 24.1 Å². The van der Waals surface area contributed by atoms with Crippen molar-refractivity contribution in [1.82, 2.24) is 5.32 Å². The van der Waals surface area contributed by atoms with Crippen molar-refractivity contribution >= 4 is 29.1 Å². The standard InChI is InChI=1S/C19H19N3O3/c1-20-17(23)10-12-6-8-13(9-7-12)21-19(25)15-11-18(24)22-16-5-3-2-4-14(15)16/h2-9,15H,10-11H2,1H3,(H,20,23)(H,21,25)(H,22,24). The third-order valence-electron chi connectivity index (χ3n) is 4.18. The SMILES string of the molecule is CNC(=O)Cc1ccc(NC(=O)C2CC(=O)Nc3ccccc32)cc1. The van der Waals surface area contributed by atoms with Crippen molar-refractivity contribution in [2.75, 3.05) is 17.7 Å². The van der Waals surface area contributed by atoms with Gasteiger partial charge in [-0.25, -0.2) is 0 Å². The predicted molar refractivity (Wildman–Crippen MR) is 95.3 cm³/mol. The lowest BCUT2D eigenvalue weighted by atomic mass is 9.90. The summed E-state index contributed by atoms with van der Waals surface area (Å²) < 4.78 is 0. The molecule has 1 heterocycles. The molecule has 3 amide bonds. The summed E-state index contributed by atoms with van der Waals surface area (Å²) in [5.41, 5.74) is 2.99. The van der Waals surface area contributed by atoms with Gasteiger partial charge in [-0.1, -0.05) is 30.3 Å². The van der Waals surface area contributed by atoms with E-state index in [0.29, 0.717) is 17.8 Å². The van der Waals surface area contributed by atoms with E-state index in [1.165, 1.54) is 0 Å². The fourth-order valence-corrected chi connectivity index (χ4v) is 2.85.